The van der Waals surface area contributed by atoms with Crippen LogP contribution in [-0.4, -0.2) is 15.0 Å². The predicted molar refractivity (Wildman–Crippen MR) is 42.9 cm³/mol. The maximum atomic E-state index is 5.14. The van der Waals surface area contributed by atoms with E-state index in [2.05, 4.69) is 19.4 Å². The first-order valence-electron chi connectivity index (χ1n) is 3.24. The largest absolute Gasteiger partial charge is 0.452 e. The number of nitrogens with zero attached hydrogens (tertiary/aromatic N) is 3. The number of oxazole rings is 1. The Morgan fingerprint density at radius 2 is 1.92 bits per heavy atom. The lowest BCUT2D eigenvalue weighted by atomic mass is 10.7. The molecule has 2 N–H and O–H groups in total. The first kappa shape index (κ1) is 8.19. The first-order valence-corrected chi connectivity index (χ1v) is 3.24. The summed E-state index contributed by atoms with van der Waals surface area (Å²) in [5.74, 6) is 0.322. The molecular weight excluding hydrogens is 156 g/mol. The number of rotatable bonds is 0. The smallest absolute Gasteiger partial charge is 0.219 e. The van der Waals surface area contributed by atoms with Crippen molar-refractivity contribution in [2.75, 3.05) is 5.73 Å². The van der Waals surface area contributed by atoms with Crippen LogP contribution in [0.15, 0.2) is 41.7 Å². The van der Waals surface area contributed by atoms with Crippen LogP contribution in [0.4, 0.5) is 5.95 Å². The maximum absolute atomic E-state index is 5.14. The minimum Gasteiger partial charge on any atom is -0.452 e. The SMILES string of the molecule is Nc1ncccn1.c1cocn1. The van der Waals surface area contributed by atoms with E-state index in [1.807, 2.05) is 0 Å². The molecule has 12 heavy (non-hydrogen) atoms. The lowest BCUT2D eigenvalue weighted by Crippen LogP contribution is -1.90. The number of anilines is 1. The molecule has 0 aromatic carbocycles. The van der Waals surface area contributed by atoms with Crippen LogP contribution in [-0.2, 0) is 0 Å². The Bertz CT molecular complexity index is 264. The van der Waals surface area contributed by atoms with E-state index in [1.54, 1.807) is 24.7 Å². The highest BCUT2D eigenvalue weighted by molar-refractivity contribution is 5.11. The number of aromatic nitrogens is 3. The minimum atomic E-state index is 0.322. The summed E-state index contributed by atoms with van der Waals surface area (Å²) in [5, 5.41) is 0. The van der Waals surface area contributed by atoms with E-state index in [0.717, 1.165) is 0 Å². The normalized spacial score (nSPS) is 8.33. The predicted octanol–water partition coefficient (Wildman–Crippen LogP) is 0.733. The van der Waals surface area contributed by atoms with Gasteiger partial charge < -0.3 is 10.2 Å². The molecule has 0 saturated heterocycles. The maximum Gasteiger partial charge on any atom is 0.219 e. The molecule has 0 aliphatic carbocycles. The van der Waals surface area contributed by atoms with Crippen molar-refractivity contribution >= 4 is 5.95 Å². The summed E-state index contributed by atoms with van der Waals surface area (Å²) in [4.78, 5) is 10.8. The van der Waals surface area contributed by atoms with E-state index in [1.165, 1.54) is 12.7 Å². The lowest BCUT2D eigenvalue weighted by Gasteiger charge is -1.82. The van der Waals surface area contributed by atoms with Gasteiger partial charge in [-0.2, -0.15) is 0 Å². The highest BCUT2D eigenvalue weighted by Gasteiger charge is 1.75. The summed E-state index contributed by atoms with van der Waals surface area (Å²) in [5.41, 5.74) is 5.14. The molecule has 2 aromatic rings. The third-order valence-corrected chi connectivity index (χ3v) is 0.933. The van der Waals surface area contributed by atoms with Gasteiger partial charge in [-0.3, -0.25) is 0 Å². The van der Waals surface area contributed by atoms with Gasteiger partial charge in [-0.25, -0.2) is 15.0 Å². The molecule has 0 aliphatic rings. The Morgan fingerprint density at radius 1 is 1.17 bits per heavy atom. The Hall–Kier alpha value is -1.91. The van der Waals surface area contributed by atoms with Gasteiger partial charge in [0.25, 0.3) is 0 Å². The molecule has 2 rings (SSSR count). The third kappa shape index (κ3) is 3.31. The summed E-state index contributed by atoms with van der Waals surface area (Å²) in [6, 6.07) is 1.72. The summed E-state index contributed by atoms with van der Waals surface area (Å²) >= 11 is 0. The van der Waals surface area contributed by atoms with Crippen LogP contribution < -0.4 is 5.73 Å². The van der Waals surface area contributed by atoms with Gasteiger partial charge >= 0.3 is 0 Å². The van der Waals surface area contributed by atoms with Gasteiger partial charge in [-0.05, 0) is 6.07 Å². The van der Waals surface area contributed by atoms with Crippen molar-refractivity contribution < 1.29 is 4.42 Å². The third-order valence-electron chi connectivity index (χ3n) is 0.933. The van der Waals surface area contributed by atoms with Crippen molar-refractivity contribution in [2.24, 2.45) is 0 Å². The van der Waals surface area contributed by atoms with Crippen LogP contribution in [0.3, 0.4) is 0 Å². The quantitative estimate of drug-likeness (QED) is 0.621. The Morgan fingerprint density at radius 3 is 2.17 bits per heavy atom. The molecule has 0 bridgehead atoms. The zero-order valence-corrected chi connectivity index (χ0v) is 6.29. The highest BCUT2D eigenvalue weighted by atomic mass is 16.3. The molecule has 0 atom stereocenters. The molecule has 0 fully saturated rings. The Balaban J connectivity index is 0.000000127. The van der Waals surface area contributed by atoms with Crippen molar-refractivity contribution in [1.29, 1.82) is 0 Å². The lowest BCUT2D eigenvalue weighted by molar-refractivity contribution is 0.558. The Labute approximate surface area is 69.3 Å². The number of hydrogen-bond donors (Lipinski definition) is 1. The minimum absolute atomic E-state index is 0.322. The van der Waals surface area contributed by atoms with Gasteiger partial charge in [0.05, 0.1) is 6.20 Å². The van der Waals surface area contributed by atoms with Gasteiger partial charge in [0.1, 0.15) is 6.26 Å². The average Bonchev–Trinajstić information content (AvgIpc) is 2.62. The van der Waals surface area contributed by atoms with E-state index in [9.17, 15) is 0 Å². The molecule has 2 heterocycles. The first-order chi connectivity index (χ1) is 5.89. The average molecular weight is 164 g/mol. The van der Waals surface area contributed by atoms with Gasteiger partial charge in [0, 0.05) is 12.4 Å². The molecular formula is C7H8N4O. The van der Waals surface area contributed by atoms with Crippen LogP contribution in [0.5, 0.6) is 0 Å². The fourth-order valence-corrected chi connectivity index (χ4v) is 0.486. The van der Waals surface area contributed by atoms with E-state index in [0.29, 0.717) is 5.95 Å². The molecule has 5 heteroatoms. The van der Waals surface area contributed by atoms with Gasteiger partial charge in [0.15, 0.2) is 6.39 Å². The number of nitrogen functional groups attached to an aromatic ring is 1. The van der Waals surface area contributed by atoms with E-state index >= 15 is 0 Å². The highest BCUT2D eigenvalue weighted by Crippen LogP contribution is 1.81. The fraction of sp³-hybridized carbons (Fsp3) is 0. The molecule has 62 valence electrons. The second-order valence-corrected chi connectivity index (χ2v) is 1.78. The van der Waals surface area contributed by atoms with Gasteiger partial charge in [0.2, 0.25) is 5.95 Å². The van der Waals surface area contributed by atoms with Crippen LogP contribution >= 0.6 is 0 Å². The second kappa shape index (κ2) is 4.84. The van der Waals surface area contributed by atoms with E-state index < -0.39 is 0 Å². The van der Waals surface area contributed by atoms with Crippen LogP contribution in [0.25, 0.3) is 0 Å². The van der Waals surface area contributed by atoms with Crippen molar-refractivity contribution in [2.45, 2.75) is 0 Å². The van der Waals surface area contributed by atoms with Crippen molar-refractivity contribution in [3.63, 3.8) is 0 Å². The van der Waals surface area contributed by atoms with Crippen LogP contribution in [0.1, 0.15) is 0 Å². The molecule has 0 amide bonds. The van der Waals surface area contributed by atoms with Gasteiger partial charge in [-0.15, -0.1) is 0 Å². The summed E-state index contributed by atoms with van der Waals surface area (Å²) in [6.45, 7) is 0. The topological polar surface area (TPSA) is 77.8 Å². The Kier molecular flexibility index (Phi) is 3.30. The second-order valence-electron chi connectivity index (χ2n) is 1.78. The molecule has 0 spiro atoms. The molecule has 0 saturated carbocycles. The van der Waals surface area contributed by atoms with E-state index in [4.69, 9.17) is 5.73 Å². The van der Waals surface area contributed by atoms with Crippen molar-refractivity contribution in [1.82, 2.24) is 15.0 Å². The van der Waals surface area contributed by atoms with Crippen LogP contribution in [0, 0.1) is 0 Å². The summed E-state index contributed by atoms with van der Waals surface area (Å²) in [7, 11) is 0. The zero-order chi connectivity index (χ0) is 8.65. The molecule has 0 unspecified atom stereocenters. The monoisotopic (exact) mass is 164 g/mol. The van der Waals surface area contributed by atoms with E-state index in [-0.39, 0.29) is 0 Å². The summed E-state index contributed by atoms with van der Waals surface area (Å²) in [6.07, 6.45) is 7.67. The zero-order valence-electron chi connectivity index (χ0n) is 6.29. The molecule has 2 aromatic heterocycles. The molecule has 0 aliphatic heterocycles. The van der Waals surface area contributed by atoms with Crippen molar-refractivity contribution in [3.05, 3.63) is 37.3 Å². The fourth-order valence-electron chi connectivity index (χ4n) is 0.486. The summed E-state index contributed by atoms with van der Waals surface area (Å²) < 4.78 is 4.47. The number of hydrogen-bond acceptors (Lipinski definition) is 5. The van der Waals surface area contributed by atoms with Gasteiger partial charge in [-0.1, -0.05) is 0 Å². The van der Waals surface area contributed by atoms with Crippen LogP contribution in [0.2, 0.25) is 0 Å². The standard InChI is InChI=1S/C4H5N3.C3H3NO/c5-4-6-2-1-3-7-4;1-2-5-3-4-1/h1-3H,(H2,5,6,7);1-3H. The molecule has 5 nitrogen and oxygen atoms in total. The van der Waals surface area contributed by atoms with Crippen molar-refractivity contribution in [3.8, 4) is 0 Å². The number of nitrogens with two attached hydrogens (primary N) is 1. The molecule has 0 radical (unpaired) electrons.